The predicted molar refractivity (Wildman–Crippen MR) is 74.6 cm³/mol. The molecule has 2 rings (SSSR count). The summed E-state index contributed by atoms with van der Waals surface area (Å²) in [4.78, 5) is 13.2. The van der Waals surface area contributed by atoms with Crippen molar-refractivity contribution in [1.29, 1.82) is 0 Å². The van der Waals surface area contributed by atoms with Crippen LogP contribution in [0.1, 0.15) is 55.2 Å². The van der Waals surface area contributed by atoms with Crippen molar-refractivity contribution in [2.24, 2.45) is 0 Å². The number of carbonyl (C=O) groups excluding carboxylic acids is 1. The van der Waals surface area contributed by atoms with Crippen molar-refractivity contribution < 1.29 is 4.79 Å². The van der Waals surface area contributed by atoms with Crippen LogP contribution >= 0.6 is 11.5 Å². The first kappa shape index (κ1) is 13.9. The number of rotatable bonds is 4. The van der Waals surface area contributed by atoms with Crippen molar-refractivity contribution in [3.63, 3.8) is 0 Å². The maximum atomic E-state index is 12.6. The highest BCUT2D eigenvalue weighted by atomic mass is 32.1. The molecule has 0 radical (unpaired) electrons. The van der Waals surface area contributed by atoms with Crippen molar-refractivity contribution in [3.8, 4) is 0 Å². The first-order valence-electron chi connectivity index (χ1n) is 6.34. The standard InChI is InChI=1S/C13H18N4OS/c1-5-8-17-9(6-7-14-17)10(18)11-12(13(2,3)4)15-16-19-11/h6-7H,5,8H2,1-4H3. The van der Waals surface area contributed by atoms with Gasteiger partial charge in [0.15, 0.2) is 0 Å². The van der Waals surface area contributed by atoms with Crippen LogP contribution < -0.4 is 0 Å². The molecule has 0 saturated heterocycles. The van der Waals surface area contributed by atoms with E-state index >= 15 is 0 Å². The number of aromatic nitrogens is 4. The lowest BCUT2D eigenvalue weighted by Crippen LogP contribution is -2.18. The van der Waals surface area contributed by atoms with E-state index in [1.807, 2.05) is 20.8 Å². The van der Waals surface area contributed by atoms with E-state index < -0.39 is 0 Å². The van der Waals surface area contributed by atoms with Crippen LogP contribution in [0.4, 0.5) is 0 Å². The first-order valence-corrected chi connectivity index (χ1v) is 7.11. The van der Waals surface area contributed by atoms with Gasteiger partial charge >= 0.3 is 0 Å². The lowest BCUT2D eigenvalue weighted by atomic mass is 9.90. The molecule has 2 aromatic rings. The average Bonchev–Trinajstić information content (AvgIpc) is 2.95. The number of carbonyl (C=O) groups is 1. The molecule has 102 valence electrons. The zero-order chi connectivity index (χ0) is 14.0. The number of nitrogens with zero attached hydrogens (tertiary/aromatic N) is 4. The van der Waals surface area contributed by atoms with Crippen molar-refractivity contribution in [3.05, 3.63) is 28.5 Å². The lowest BCUT2D eigenvalue weighted by molar-refractivity contribution is 0.103. The van der Waals surface area contributed by atoms with Crippen LogP contribution in [-0.2, 0) is 12.0 Å². The Labute approximate surface area is 116 Å². The van der Waals surface area contributed by atoms with E-state index in [0.717, 1.165) is 30.2 Å². The second-order valence-corrected chi connectivity index (χ2v) is 6.22. The highest BCUT2D eigenvalue weighted by Crippen LogP contribution is 2.27. The fraction of sp³-hybridized carbons (Fsp3) is 0.538. The van der Waals surface area contributed by atoms with E-state index in [-0.39, 0.29) is 11.2 Å². The first-order chi connectivity index (χ1) is 8.95. The maximum absolute atomic E-state index is 12.6. The molecule has 0 bridgehead atoms. The molecule has 5 nitrogen and oxygen atoms in total. The van der Waals surface area contributed by atoms with Crippen LogP contribution in [0.25, 0.3) is 0 Å². The third-order valence-corrected chi connectivity index (χ3v) is 3.51. The minimum Gasteiger partial charge on any atom is -0.286 e. The molecule has 0 atom stereocenters. The van der Waals surface area contributed by atoms with E-state index in [4.69, 9.17) is 0 Å². The summed E-state index contributed by atoms with van der Waals surface area (Å²) in [5, 5.41) is 8.30. The smallest absolute Gasteiger partial charge is 0.224 e. The average molecular weight is 278 g/mol. The van der Waals surface area contributed by atoms with E-state index in [1.165, 1.54) is 0 Å². The SMILES string of the molecule is CCCn1nccc1C(=O)c1snnc1C(C)(C)C. The third-order valence-electron chi connectivity index (χ3n) is 2.79. The van der Waals surface area contributed by atoms with E-state index in [2.05, 4.69) is 21.6 Å². The normalized spacial score (nSPS) is 11.8. The molecular formula is C13H18N4OS. The van der Waals surface area contributed by atoms with Gasteiger partial charge in [0.05, 0.1) is 5.69 Å². The molecule has 0 aliphatic carbocycles. The number of ketones is 1. The Morgan fingerprint density at radius 2 is 2.16 bits per heavy atom. The molecule has 0 N–H and O–H groups in total. The quantitative estimate of drug-likeness (QED) is 0.807. The zero-order valence-corrected chi connectivity index (χ0v) is 12.5. The molecule has 0 aliphatic rings. The Morgan fingerprint density at radius 3 is 2.79 bits per heavy atom. The van der Waals surface area contributed by atoms with Crippen LogP contribution in [0.2, 0.25) is 0 Å². The number of hydrogen-bond donors (Lipinski definition) is 0. The molecule has 0 amide bonds. The van der Waals surface area contributed by atoms with Gasteiger partial charge in [-0.25, -0.2) is 0 Å². The number of hydrogen-bond acceptors (Lipinski definition) is 5. The van der Waals surface area contributed by atoms with Gasteiger partial charge in [-0.15, -0.1) is 5.10 Å². The summed E-state index contributed by atoms with van der Waals surface area (Å²) in [6, 6.07) is 1.75. The molecule has 0 aliphatic heterocycles. The Kier molecular flexibility index (Phi) is 3.80. The molecule has 0 spiro atoms. The largest absolute Gasteiger partial charge is 0.286 e. The monoisotopic (exact) mass is 278 g/mol. The van der Waals surface area contributed by atoms with E-state index in [0.29, 0.717) is 10.6 Å². The summed E-state index contributed by atoms with van der Waals surface area (Å²) >= 11 is 1.16. The van der Waals surface area contributed by atoms with Crippen molar-refractivity contribution in [2.75, 3.05) is 0 Å². The summed E-state index contributed by atoms with van der Waals surface area (Å²) in [5.41, 5.74) is 1.18. The van der Waals surface area contributed by atoms with Gasteiger partial charge in [-0.1, -0.05) is 32.2 Å². The van der Waals surface area contributed by atoms with Crippen molar-refractivity contribution in [1.82, 2.24) is 19.4 Å². The third kappa shape index (κ3) is 2.73. The Balaban J connectivity index is 2.40. The summed E-state index contributed by atoms with van der Waals surface area (Å²) in [6.45, 7) is 8.90. The van der Waals surface area contributed by atoms with Gasteiger partial charge in [-0.3, -0.25) is 9.48 Å². The topological polar surface area (TPSA) is 60.7 Å². The number of aryl methyl sites for hydroxylation is 1. The second-order valence-electron chi connectivity index (χ2n) is 5.47. The molecule has 0 fully saturated rings. The second kappa shape index (κ2) is 5.21. The van der Waals surface area contributed by atoms with Gasteiger partial charge in [-0.05, 0) is 24.0 Å². The summed E-state index contributed by atoms with van der Waals surface area (Å²) in [5.74, 6) is -0.0362. The van der Waals surface area contributed by atoms with Crippen LogP contribution in [-0.4, -0.2) is 25.2 Å². The van der Waals surface area contributed by atoms with Gasteiger partial charge in [0.2, 0.25) is 5.78 Å². The minimum absolute atomic E-state index is 0.0362. The molecule has 0 saturated carbocycles. The van der Waals surface area contributed by atoms with Crippen LogP contribution in [0, 0.1) is 0 Å². The van der Waals surface area contributed by atoms with Gasteiger partial charge in [0.25, 0.3) is 0 Å². The van der Waals surface area contributed by atoms with Crippen molar-refractivity contribution >= 4 is 17.3 Å². The van der Waals surface area contributed by atoms with Crippen LogP contribution in [0.5, 0.6) is 0 Å². The molecule has 0 unspecified atom stereocenters. The fourth-order valence-electron chi connectivity index (χ4n) is 1.86. The predicted octanol–water partition coefficient (Wildman–Crippen LogP) is 2.67. The highest BCUT2D eigenvalue weighted by Gasteiger charge is 2.28. The van der Waals surface area contributed by atoms with Crippen LogP contribution in [0.3, 0.4) is 0 Å². The molecule has 2 heterocycles. The van der Waals surface area contributed by atoms with Crippen LogP contribution in [0.15, 0.2) is 12.3 Å². The molecular weight excluding hydrogens is 260 g/mol. The van der Waals surface area contributed by atoms with Gasteiger partial charge in [0, 0.05) is 18.2 Å². The Hall–Kier alpha value is -1.56. The lowest BCUT2D eigenvalue weighted by Gasteiger charge is -2.16. The molecule has 19 heavy (non-hydrogen) atoms. The Bertz CT molecular complexity index is 579. The van der Waals surface area contributed by atoms with Gasteiger partial charge < -0.3 is 0 Å². The summed E-state index contributed by atoms with van der Waals surface area (Å²) < 4.78 is 5.68. The molecule has 2 aromatic heterocycles. The Morgan fingerprint density at radius 1 is 1.42 bits per heavy atom. The zero-order valence-electron chi connectivity index (χ0n) is 11.7. The molecule has 6 heteroatoms. The van der Waals surface area contributed by atoms with E-state index in [9.17, 15) is 4.79 Å². The fourth-order valence-corrected chi connectivity index (χ4v) is 2.69. The van der Waals surface area contributed by atoms with Crippen molar-refractivity contribution in [2.45, 2.75) is 46.1 Å². The van der Waals surface area contributed by atoms with Gasteiger partial charge in [0.1, 0.15) is 10.6 Å². The maximum Gasteiger partial charge on any atom is 0.224 e. The summed E-state index contributed by atoms with van der Waals surface area (Å²) in [6.07, 6.45) is 2.60. The molecule has 0 aromatic carbocycles. The summed E-state index contributed by atoms with van der Waals surface area (Å²) in [7, 11) is 0. The highest BCUT2D eigenvalue weighted by molar-refractivity contribution is 7.08. The van der Waals surface area contributed by atoms with E-state index in [1.54, 1.807) is 16.9 Å². The van der Waals surface area contributed by atoms with Gasteiger partial charge in [-0.2, -0.15) is 5.10 Å². The minimum atomic E-state index is -0.187.